The van der Waals surface area contributed by atoms with Gasteiger partial charge in [0.1, 0.15) is 11.5 Å². The van der Waals surface area contributed by atoms with Gasteiger partial charge >= 0.3 is 0 Å². The molecule has 0 fully saturated rings. The highest BCUT2D eigenvalue weighted by atomic mass is 35.5. The number of aromatic nitrogens is 2. The van der Waals surface area contributed by atoms with Crippen molar-refractivity contribution in [2.75, 3.05) is 0 Å². The normalized spacial score (nSPS) is 12.0. The van der Waals surface area contributed by atoms with E-state index in [1.165, 1.54) is 6.07 Å². The third-order valence-corrected chi connectivity index (χ3v) is 3.50. The minimum atomic E-state index is -0.251. The van der Waals surface area contributed by atoms with Crippen LogP contribution in [0.25, 0.3) is 22.4 Å². The van der Waals surface area contributed by atoms with E-state index >= 15 is 0 Å². The molecule has 0 amide bonds. The summed E-state index contributed by atoms with van der Waals surface area (Å²) in [5, 5.41) is 1.43. The molecule has 2 aromatic heterocycles. The molecule has 0 radical (unpaired) electrons. The third-order valence-electron chi connectivity index (χ3n) is 3.20. The molecule has 3 aromatic rings. The minimum absolute atomic E-state index is 0.198. The molecule has 0 atom stereocenters. The van der Waals surface area contributed by atoms with Gasteiger partial charge in [-0.05, 0) is 12.1 Å². The van der Waals surface area contributed by atoms with Crippen molar-refractivity contribution in [2.24, 2.45) is 0 Å². The Morgan fingerprint density at radius 2 is 2.00 bits per heavy atom. The fraction of sp³-hybridized carbons (Fsp3) is 0.250. The van der Waals surface area contributed by atoms with Crippen molar-refractivity contribution in [1.82, 2.24) is 9.97 Å². The Hall–Kier alpha value is -2.07. The van der Waals surface area contributed by atoms with E-state index in [0.717, 1.165) is 5.39 Å². The first-order valence-electron chi connectivity index (χ1n) is 6.65. The summed E-state index contributed by atoms with van der Waals surface area (Å²) in [5.41, 5.74) is 0.666. The van der Waals surface area contributed by atoms with Crippen LogP contribution in [0.15, 0.2) is 39.5 Å². The second kappa shape index (κ2) is 4.74. The van der Waals surface area contributed by atoms with Crippen LogP contribution in [0.5, 0.6) is 0 Å². The lowest BCUT2D eigenvalue weighted by Crippen LogP contribution is -2.21. The molecule has 0 aliphatic rings. The quantitative estimate of drug-likeness (QED) is 0.735. The Balaban J connectivity index is 2.21. The van der Waals surface area contributed by atoms with Crippen molar-refractivity contribution < 1.29 is 4.42 Å². The lowest BCUT2D eigenvalue weighted by atomic mass is 9.95. The number of benzene rings is 1. The van der Waals surface area contributed by atoms with Gasteiger partial charge in [0.05, 0.1) is 5.02 Å². The lowest BCUT2D eigenvalue weighted by Gasteiger charge is -2.17. The number of aromatic amines is 1. The maximum atomic E-state index is 11.8. The number of nitrogens with zero attached hydrogens (tertiary/aromatic N) is 1. The highest BCUT2D eigenvalue weighted by Crippen LogP contribution is 2.31. The number of hydrogen-bond acceptors (Lipinski definition) is 3. The van der Waals surface area contributed by atoms with Crippen LogP contribution in [0.4, 0.5) is 0 Å². The summed E-state index contributed by atoms with van der Waals surface area (Å²) in [6.07, 6.45) is 0. The Bertz CT molecular complexity index is 872. The molecule has 0 saturated carbocycles. The average Bonchev–Trinajstić information content (AvgIpc) is 2.82. The highest BCUT2D eigenvalue weighted by Gasteiger charge is 2.19. The van der Waals surface area contributed by atoms with Crippen molar-refractivity contribution in [2.45, 2.75) is 26.2 Å². The topological polar surface area (TPSA) is 58.9 Å². The Morgan fingerprint density at radius 3 is 2.67 bits per heavy atom. The smallest absolute Gasteiger partial charge is 0.251 e. The molecule has 21 heavy (non-hydrogen) atoms. The first kappa shape index (κ1) is 13.9. The first-order valence-corrected chi connectivity index (χ1v) is 7.03. The zero-order chi connectivity index (χ0) is 15.2. The van der Waals surface area contributed by atoms with Gasteiger partial charge in [-0.3, -0.25) is 4.79 Å². The monoisotopic (exact) mass is 302 g/mol. The van der Waals surface area contributed by atoms with Crippen LogP contribution in [0, 0.1) is 0 Å². The number of H-pyrrole nitrogens is 1. The van der Waals surface area contributed by atoms with Crippen molar-refractivity contribution in [1.29, 1.82) is 0 Å². The number of fused-ring (bicyclic) bond motifs is 1. The van der Waals surface area contributed by atoms with Gasteiger partial charge in [0.15, 0.2) is 11.3 Å². The second-order valence-electron chi connectivity index (χ2n) is 6.00. The van der Waals surface area contributed by atoms with Gasteiger partial charge in [-0.15, -0.1) is 0 Å². The molecular formula is C16H15ClN2O2. The van der Waals surface area contributed by atoms with Gasteiger partial charge in [0, 0.05) is 16.9 Å². The molecule has 0 unspecified atom stereocenters. The highest BCUT2D eigenvalue weighted by molar-refractivity contribution is 6.34. The van der Waals surface area contributed by atoms with Gasteiger partial charge in [-0.1, -0.05) is 44.5 Å². The molecular weight excluding hydrogens is 288 g/mol. The molecule has 108 valence electrons. The fourth-order valence-corrected chi connectivity index (χ4v) is 2.31. The Kier molecular flexibility index (Phi) is 3.14. The molecule has 0 saturated heterocycles. The molecule has 2 heterocycles. The van der Waals surface area contributed by atoms with Gasteiger partial charge < -0.3 is 9.40 Å². The van der Waals surface area contributed by atoms with E-state index in [2.05, 4.69) is 9.97 Å². The fourth-order valence-electron chi connectivity index (χ4n) is 2.09. The zero-order valence-corrected chi connectivity index (χ0v) is 12.8. The number of rotatable bonds is 1. The SMILES string of the molecule is CC(C)(C)c1nc(-c2cc3cccc(Cl)c3o2)cc(=O)[nH]1. The van der Waals surface area contributed by atoms with Crippen LogP contribution in [0.1, 0.15) is 26.6 Å². The molecule has 5 heteroatoms. The molecule has 1 N–H and O–H groups in total. The van der Waals surface area contributed by atoms with Gasteiger partial charge in [0.25, 0.3) is 5.56 Å². The van der Waals surface area contributed by atoms with Crippen molar-refractivity contribution in [3.05, 3.63) is 51.5 Å². The van der Waals surface area contributed by atoms with Crippen LogP contribution in [0.2, 0.25) is 5.02 Å². The number of halogens is 1. The van der Waals surface area contributed by atoms with E-state index < -0.39 is 0 Å². The molecule has 0 bridgehead atoms. The van der Waals surface area contributed by atoms with Crippen molar-refractivity contribution >= 4 is 22.6 Å². The summed E-state index contributed by atoms with van der Waals surface area (Å²) in [5.74, 6) is 1.16. The summed E-state index contributed by atoms with van der Waals surface area (Å²) < 4.78 is 5.76. The van der Waals surface area contributed by atoms with Gasteiger partial charge in [-0.2, -0.15) is 0 Å². The van der Waals surface area contributed by atoms with Crippen LogP contribution >= 0.6 is 11.6 Å². The summed E-state index contributed by atoms with van der Waals surface area (Å²) in [7, 11) is 0. The maximum absolute atomic E-state index is 11.8. The van der Waals surface area contributed by atoms with E-state index in [9.17, 15) is 4.79 Å². The van der Waals surface area contributed by atoms with Crippen LogP contribution in [-0.2, 0) is 5.41 Å². The van der Waals surface area contributed by atoms with Crippen molar-refractivity contribution in [3.8, 4) is 11.5 Å². The van der Waals surface area contributed by atoms with Crippen LogP contribution in [0.3, 0.4) is 0 Å². The summed E-state index contributed by atoms with van der Waals surface area (Å²) in [4.78, 5) is 19.1. The third kappa shape index (κ3) is 2.59. The summed E-state index contributed by atoms with van der Waals surface area (Å²) in [6.45, 7) is 5.97. The van der Waals surface area contributed by atoms with E-state index in [0.29, 0.717) is 27.9 Å². The largest absolute Gasteiger partial charge is 0.453 e. The van der Waals surface area contributed by atoms with E-state index in [1.807, 2.05) is 39.0 Å². The Morgan fingerprint density at radius 1 is 1.24 bits per heavy atom. The second-order valence-corrected chi connectivity index (χ2v) is 6.41. The molecule has 0 spiro atoms. The van der Waals surface area contributed by atoms with E-state index in [4.69, 9.17) is 16.0 Å². The van der Waals surface area contributed by atoms with Gasteiger partial charge in [-0.25, -0.2) is 4.98 Å². The summed E-state index contributed by atoms with van der Waals surface area (Å²) >= 11 is 6.11. The van der Waals surface area contributed by atoms with Crippen LogP contribution in [-0.4, -0.2) is 9.97 Å². The number of hydrogen-bond donors (Lipinski definition) is 1. The van der Waals surface area contributed by atoms with Crippen LogP contribution < -0.4 is 5.56 Å². The number of para-hydroxylation sites is 1. The average molecular weight is 303 g/mol. The standard InChI is InChI=1S/C16H15ClN2O2/c1-16(2,3)15-18-11(8-13(20)19-15)12-7-9-5-4-6-10(17)14(9)21-12/h4-8H,1-3H3,(H,18,19,20). The minimum Gasteiger partial charge on any atom is -0.453 e. The van der Waals surface area contributed by atoms with Gasteiger partial charge in [0.2, 0.25) is 0 Å². The molecule has 1 aromatic carbocycles. The predicted octanol–water partition coefficient (Wildman–Crippen LogP) is 4.13. The lowest BCUT2D eigenvalue weighted by molar-refractivity contribution is 0.541. The maximum Gasteiger partial charge on any atom is 0.251 e. The van der Waals surface area contributed by atoms with Crippen molar-refractivity contribution in [3.63, 3.8) is 0 Å². The molecule has 0 aliphatic heterocycles. The number of nitrogens with one attached hydrogen (secondary N) is 1. The van der Waals surface area contributed by atoms with E-state index in [1.54, 1.807) is 6.07 Å². The summed E-state index contributed by atoms with van der Waals surface area (Å²) in [6, 6.07) is 8.81. The number of furan rings is 1. The molecule has 3 rings (SSSR count). The molecule has 4 nitrogen and oxygen atoms in total. The Labute approximate surface area is 126 Å². The first-order chi connectivity index (χ1) is 9.84. The molecule has 0 aliphatic carbocycles. The zero-order valence-electron chi connectivity index (χ0n) is 12.0. The predicted molar refractivity (Wildman–Crippen MR) is 83.8 cm³/mol. The van der Waals surface area contributed by atoms with E-state index in [-0.39, 0.29) is 11.0 Å².